The van der Waals surface area contributed by atoms with Crippen LogP contribution in [0.5, 0.6) is 0 Å². The Morgan fingerprint density at radius 3 is 2.61 bits per heavy atom. The summed E-state index contributed by atoms with van der Waals surface area (Å²) in [5.41, 5.74) is 0.825. The minimum absolute atomic E-state index is 0.0224. The molecule has 154 valence electrons. The van der Waals surface area contributed by atoms with Crippen molar-refractivity contribution in [3.8, 4) is 0 Å². The van der Waals surface area contributed by atoms with Crippen molar-refractivity contribution in [1.29, 1.82) is 0 Å². The van der Waals surface area contributed by atoms with Crippen molar-refractivity contribution in [3.63, 3.8) is 0 Å². The van der Waals surface area contributed by atoms with Crippen molar-refractivity contribution >= 4 is 17.5 Å². The molecule has 0 amide bonds. The van der Waals surface area contributed by atoms with E-state index in [1.165, 1.54) is 6.92 Å². The first-order chi connectivity index (χ1) is 13.2. The number of esters is 1. The van der Waals surface area contributed by atoms with E-state index in [1.54, 1.807) is 6.08 Å². The predicted octanol–water partition coefficient (Wildman–Crippen LogP) is 3.24. The Morgan fingerprint density at radius 2 is 1.93 bits per heavy atom. The Labute approximate surface area is 166 Å². The maximum atomic E-state index is 12.4. The minimum Gasteiger partial charge on any atom is -0.458 e. The molecular formula is C23H32O5. The molecule has 4 aliphatic carbocycles. The van der Waals surface area contributed by atoms with Gasteiger partial charge in [0, 0.05) is 19.3 Å². The molecule has 0 bridgehead atoms. The fraction of sp³-hybridized carbons (Fsp3) is 0.783. The third-order valence-electron chi connectivity index (χ3n) is 8.81. The quantitative estimate of drug-likeness (QED) is 0.751. The molecule has 5 nitrogen and oxygen atoms in total. The van der Waals surface area contributed by atoms with E-state index >= 15 is 0 Å². The molecule has 28 heavy (non-hydrogen) atoms. The van der Waals surface area contributed by atoms with Crippen LogP contribution in [0.2, 0.25) is 0 Å². The van der Waals surface area contributed by atoms with Gasteiger partial charge in [-0.15, -0.1) is 0 Å². The van der Waals surface area contributed by atoms with Gasteiger partial charge in [0.05, 0.1) is 0 Å². The fourth-order valence-electron chi connectivity index (χ4n) is 7.53. The summed E-state index contributed by atoms with van der Waals surface area (Å²) in [5, 5.41) is 9.45. The van der Waals surface area contributed by atoms with Crippen molar-refractivity contribution in [2.24, 2.45) is 34.5 Å². The van der Waals surface area contributed by atoms with E-state index < -0.39 is 0 Å². The normalized spacial score (nSPS) is 44.8. The second-order valence-electron chi connectivity index (χ2n) is 9.99. The van der Waals surface area contributed by atoms with Crippen LogP contribution in [0.3, 0.4) is 0 Å². The van der Waals surface area contributed by atoms with Crippen LogP contribution in [0.25, 0.3) is 0 Å². The first-order valence-electron chi connectivity index (χ1n) is 10.8. The average molecular weight is 389 g/mol. The highest BCUT2D eigenvalue weighted by molar-refractivity contribution is 5.92. The van der Waals surface area contributed by atoms with E-state index in [1.807, 2.05) is 0 Å². The number of Topliss-reactive ketones (excluding diaryl/α,β-unsaturated/α-hetero) is 1. The monoisotopic (exact) mass is 388 g/mol. The Kier molecular flexibility index (Phi) is 4.80. The highest BCUT2D eigenvalue weighted by Crippen LogP contribution is 2.66. The molecule has 4 rings (SSSR count). The SMILES string of the molecule is CC(=O)O[C@@H]1C[C@@H]2[C@H]3CC[C@@H](C(=O)CO)[C@@]3(C)CC[C@H]2[C@@]2(C)CCC(=O)C=C12. The lowest BCUT2D eigenvalue weighted by atomic mass is 9.46. The van der Waals surface area contributed by atoms with Crippen LogP contribution < -0.4 is 0 Å². The summed E-state index contributed by atoms with van der Waals surface area (Å²) in [6.45, 7) is 5.56. The van der Waals surface area contributed by atoms with Gasteiger partial charge < -0.3 is 9.84 Å². The van der Waals surface area contributed by atoms with Gasteiger partial charge in [-0.1, -0.05) is 13.8 Å². The summed E-state index contributed by atoms with van der Waals surface area (Å²) in [6.07, 6.45) is 7.42. The molecule has 3 saturated carbocycles. The lowest BCUT2D eigenvalue weighted by Gasteiger charge is -2.59. The summed E-state index contributed by atoms with van der Waals surface area (Å²) in [5.74, 6) is 0.996. The van der Waals surface area contributed by atoms with Crippen LogP contribution in [0, 0.1) is 34.5 Å². The van der Waals surface area contributed by atoms with Crippen molar-refractivity contribution < 1.29 is 24.2 Å². The second-order valence-corrected chi connectivity index (χ2v) is 9.99. The predicted molar refractivity (Wildman–Crippen MR) is 103 cm³/mol. The highest BCUT2D eigenvalue weighted by Gasteiger charge is 2.61. The maximum absolute atomic E-state index is 12.4. The number of carbonyl (C=O) groups excluding carboxylic acids is 3. The number of aliphatic hydroxyl groups is 1. The van der Waals surface area contributed by atoms with Gasteiger partial charge in [-0.3, -0.25) is 14.4 Å². The van der Waals surface area contributed by atoms with Crippen molar-refractivity contribution in [3.05, 3.63) is 11.6 Å². The summed E-state index contributed by atoms with van der Waals surface area (Å²) >= 11 is 0. The third-order valence-corrected chi connectivity index (χ3v) is 8.81. The standard InChI is InChI=1S/C23H32O5/c1-13(25)28-21-11-15-16-4-5-18(20(27)12-24)22(16,2)9-7-17(15)23(3)8-6-14(26)10-19(21)23/h10,15-18,21,24H,4-9,11-12H2,1-3H3/t15-,16-,17-,18+,21-,22+,23-/m1/s1. The van der Waals surface area contributed by atoms with Crippen LogP contribution >= 0.6 is 0 Å². The maximum Gasteiger partial charge on any atom is 0.303 e. The number of fused-ring (bicyclic) bond motifs is 5. The molecular weight excluding hydrogens is 356 g/mol. The van der Waals surface area contributed by atoms with Crippen LogP contribution in [-0.2, 0) is 19.1 Å². The van der Waals surface area contributed by atoms with Gasteiger partial charge in [0.2, 0.25) is 0 Å². The van der Waals surface area contributed by atoms with Gasteiger partial charge in [0.15, 0.2) is 11.6 Å². The number of rotatable bonds is 3. The summed E-state index contributed by atoms with van der Waals surface area (Å²) in [7, 11) is 0. The van der Waals surface area contributed by atoms with Crippen molar-refractivity contribution in [2.45, 2.75) is 71.8 Å². The summed E-state index contributed by atoms with van der Waals surface area (Å²) < 4.78 is 5.73. The van der Waals surface area contributed by atoms with Gasteiger partial charge in [0.1, 0.15) is 12.7 Å². The first kappa shape index (κ1) is 19.8. The molecule has 0 spiro atoms. The summed E-state index contributed by atoms with van der Waals surface area (Å²) in [6, 6.07) is 0. The van der Waals surface area contributed by atoms with Crippen LogP contribution in [0.1, 0.15) is 65.7 Å². The number of carbonyl (C=O) groups is 3. The molecule has 0 saturated heterocycles. The zero-order valence-corrected chi connectivity index (χ0v) is 17.2. The van der Waals surface area contributed by atoms with Crippen LogP contribution in [-0.4, -0.2) is 35.4 Å². The van der Waals surface area contributed by atoms with Gasteiger partial charge in [-0.25, -0.2) is 0 Å². The molecule has 1 N–H and O–H groups in total. The summed E-state index contributed by atoms with van der Waals surface area (Å²) in [4.78, 5) is 36.4. The molecule has 7 atom stereocenters. The van der Waals surface area contributed by atoms with E-state index in [4.69, 9.17) is 4.74 Å². The lowest BCUT2D eigenvalue weighted by Crippen LogP contribution is -2.55. The Hall–Kier alpha value is -1.49. The second kappa shape index (κ2) is 6.79. The van der Waals surface area contributed by atoms with E-state index in [-0.39, 0.29) is 47.0 Å². The van der Waals surface area contributed by atoms with Crippen molar-refractivity contribution in [2.75, 3.05) is 6.61 Å². The molecule has 0 aromatic rings. The van der Waals surface area contributed by atoms with Crippen LogP contribution in [0.4, 0.5) is 0 Å². The fourth-order valence-corrected chi connectivity index (χ4v) is 7.53. The number of ketones is 2. The molecule has 3 fully saturated rings. The largest absolute Gasteiger partial charge is 0.458 e. The van der Waals surface area contributed by atoms with Gasteiger partial charge in [-0.05, 0) is 78.8 Å². The van der Waals surface area contributed by atoms with Crippen LogP contribution in [0.15, 0.2) is 11.6 Å². The number of aliphatic hydroxyl groups excluding tert-OH is 1. The Morgan fingerprint density at radius 1 is 1.18 bits per heavy atom. The first-order valence-corrected chi connectivity index (χ1v) is 10.8. The molecule has 5 heteroatoms. The Balaban J connectivity index is 1.71. The van der Waals surface area contributed by atoms with Gasteiger partial charge >= 0.3 is 5.97 Å². The average Bonchev–Trinajstić information content (AvgIpc) is 2.99. The molecule has 4 aliphatic rings. The van der Waals surface area contributed by atoms with Gasteiger partial charge in [0.25, 0.3) is 0 Å². The highest BCUT2D eigenvalue weighted by atomic mass is 16.5. The lowest BCUT2D eigenvalue weighted by molar-refractivity contribution is -0.153. The minimum atomic E-state index is -0.371. The van der Waals surface area contributed by atoms with E-state index in [2.05, 4.69) is 13.8 Å². The van der Waals surface area contributed by atoms with Gasteiger partial charge in [-0.2, -0.15) is 0 Å². The topological polar surface area (TPSA) is 80.7 Å². The molecule has 0 aromatic carbocycles. The number of ether oxygens (including phenoxy) is 1. The third kappa shape index (κ3) is 2.80. The molecule has 0 aliphatic heterocycles. The number of hydrogen-bond acceptors (Lipinski definition) is 5. The molecule has 0 heterocycles. The smallest absolute Gasteiger partial charge is 0.303 e. The van der Waals surface area contributed by atoms with Crippen molar-refractivity contribution in [1.82, 2.24) is 0 Å². The van der Waals surface area contributed by atoms with E-state index in [0.29, 0.717) is 24.2 Å². The number of hydrogen-bond donors (Lipinski definition) is 1. The molecule has 0 radical (unpaired) electrons. The van der Waals surface area contributed by atoms with E-state index in [9.17, 15) is 19.5 Å². The Bertz CT molecular complexity index is 739. The zero-order valence-electron chi connectivity index (χ0n) is 17.2. The zero-order chi connectivity index (χ0) is 20.3. The van der Waals surface area contributed by atoms with E-state index in [0.717, 1.165) is 44.1 Å². The molecule has 0 unspecified atom stereocenters. The molecule has 0 aromatic heterocycles.